The van der Waals surface area contributed by atoms with E-state index in [1.165, 1.54) is 0 Å². The summed E-state index contributed by atoms with van der Waals surface area (Å²) in [6, 6.07) is 39.5. The third kappa shape index (κ3) is 3.44. The van der Waals surface area contributed by atoms with Crippen LogP contribution in [0.1, 0.15) is 5.82 Å². The summed E-state index contributed by atoms with van der Waals surface area (Å²) >= 11 is 8.42. The zero-order chi connectivity index (χ0) is 23.6. The molecule has 0 saturated heterocycles. The molecule has 0 saturated carbocycles. The third-order valence-electron chi connectivity index (χ3n) is 6.19. The van der Waals surface area contributed by atoms with Crippen LogP contribution in [0.2, 0.25) is 0 Å². The Hall–Kier alpha value is -3.39. The number of hydrogen-bond donors (Lipinski definition) is 1. The fraction of sp³-hybridized carbons (Fsp3) is 0.0690. The maximum absolute atomic E-state index is 8.42. The number of aromatic amines is 1. The van der Waals surface area contributed by atoms with E-state index in [4.69, 9.17) is 16.2 Å². The van der Waals surface area contributed by atoms with E-state index in [2.05, 4.69) is 94.9 Å². The Balaban J connectivity index is 1.99. The number of nitrogens with one attached hydrogen (secondary N) is 1. The van der Waals surface area contributed by atoms with Crippen LogP contribution >= 0.6 is 17.2 Å². The number of para-hydroxylation sites is 2. The average Bonchev–Trinajstić information content (AvgIpc) is 3.32. The molecule has 0 amide bonds. The summed E-state index contributed by atoms with van der Waals surface area (Å²) in [6.07, 6.45) is 2.13. The van der Waals surface area contributed by atoms with Crippen LogP contribution in [0.15, 0.2) is 121 Å². The zero-order valence-electron chi connectivity index (χ0n) is 19.3. The number of hydrogen-bond acceptors (Lipinski definition) is 2. The predicted octanol–water partition coefficient (Wildman–Crippen LogP) is 6.11. The summed E-state index contributed by atoms with van der Waals surface area (Å²) in [4.78, 5) is 10.7. The first-order valence-corrected chi connectivity index (χ1v) is 14.4. The summed E-state index contributed by atoms with van der Waals surface area (Å²) in [5, 5.41) is 4.18. The third-order valence-corrected chi connectivity index (χ3v) is 13.5. The number of imidazole rings is 1. The molecule has 34 heavy (non-hydrogen) atoms. The van der Waals surface area contributed by atoms with Crippen molar-refractivity contribution < 1.29 is 0 Å². The van der Waals surface area contributed by atoms with E-state index in [0.29, 0.717) is 0 Å². The molecule has 3 nitrogen and oxygen atoms in total. The molecule has 0 unspecified atom stereocenters. The van der Waals surface area contributed by atoms with Crippen molar-refractivity contribution in [3.63, 3.8) is 0 Å². The van der Waals surface area contributed by atoms with E-state index in [9.17, 15) is 0 Å². The summed E-state index contributed by atoms with van der Waals surface area (Å²) in [5.74, 6) is -2.98. The molecule has 5 aromatic rings. The van der Waals surface area contributed by atoms with Crippen LogP contribution in [0.5, 0.6) is 0 Å². The molecule has 0 aliphatic heterocycles. The predicted molar refractivity (Wildman–Crippen MR) is 149 cm³/mol. The number of halogens is 1. The molecule has 0 fully saturated rings. The van der Waals surface area contributed by atoms with Gasteiger partial charge in [-0.2, -0.15) is 0 Å². The van der Waals surface area contributed by atoms with Gasteiger partial charge in [-0.25, -0.2) is 0 Å². The minimum absolute atomic E-state index is 0.777. The fourth-order valence-electron chi connectivity index (χ4n) is 4.68. The normalized spacial score (nSPS) is 13.4. The van der Waals surface area contributed by atoms with Gasteiger partial charge in [0.1, 0.15) is 0 Å². The van der Waals surface area contributed by atoms with Crippen LogP contribution in [0.4, 0.5) is 0 Å². The molecule has 1 aromatic heterocycles. The van der Waals surface area contributed by atoms with Crippen LogP contribution in [0.3, 0.4) is 0 Å². The van der Waals surface area contributed by atoms with E-state index >= 15 is 0 Å². The van der Waals surface area contributed by atoms with Crippen molar-refractivity contribution in [3.8, 4) is 0 Å². The molecule has 1 heterocycles. The first-order valence-electron chi connectivity index (χ1n) is 11.3. The van der Waals surface area contributed by atoms with Gasteiger partial charge in [-0.15, -0.1) is 0 Å². The summed E-state index contributed by atoms with van der Waals surface area (Å²) in [6.45, 7) is 0. The van der Waals surface area contributed by atoms with Crippen molar-refractivity contribution >= 4 is 49.5 Å². The summed E-state index contributed by atoms with van der Waals surface area (Å²) < 4.78 is 0. The maximum atomic E-state index is 8.42. The molecule has 4 aromatic carbocycles. The number of H-pyrrole nitrogens is 1. The zero-order valence-corrected chi connectivity index (χ0v) is 20.9. The second kappa shape index (κ2) is 8.76. The fourth-order valence-corrected chi connectivity index (χ4v) is 10.9. The van der Waals surface area contributed by atoms with Gasteiger partial charge in [0.15, 0.2) is 0 Å². The Kier molecular flexibility index (Phi) is 5.77. The second-order valence-corrected chi connectivity index (χ2v) is 14.7. The molecule has 0 atom stereocenters. The molecular formula is C29H27ClN3P. The molecule has 0 spiro atoms. The van der Waals surface area contributed by atoms with Crippen molar-refractivity contribution in [2.45, 2.75) is 0 Å². The van der Waals surface area contributed by atoms with Crippen molar-refractivity contribution in [2.24, 2.45) is 0 Å². The summed E-state index contributed by atoms with van der Waals surface area (Å²) in [7, 11) is 4.06. The Morgan fingerprint density at radius 3 is 1.59 bits per heavy atom. The molecule has 170 valence electrons. The molecular weight excluding hydrogens is 457 g/mol. The van der Waals surface area contributed by atoms with E-state index < -0.39 is 5.96 Å². The van der Waals surface area contributed by atoms with Crippen LogP contribution in [-0.2, 0) is 0 Å². The van der Waals surface area contributed by atoms with Gasteiger partial charge in [-0.3, -0.25) is 0 Å². The topological polar surface area (TPSA) is 31.9 Å². The molecule has 1 N–H and O–H groups in total. The van der Waals surface area contributed by atoms with Gasteiger partial charge in [0.25, 0.3) is 0 Å². The Morgan fingerprint density at radius 1 is 0.706 bits per heavy atom. The monoisotopic (exact) mass is 483 g/mol. The molecule has 5 heteroatoms. The van der Waals surface area contributed by atoms with Gasteiger partial charge in [0.05, 0.1) is 0 Å². The first kappa shape index (κ1) is 22.4. The van der Waals surface area contributed by atoms with Crippen LogP contribution in [-0.4, -0.2) is 29.0 Å². The number of rotatable bonds is 6. The van der Waals surface area contributed by atoms with Gasteiger partial charge in [-0.1, -0.05) is 0 Å². The van der Waals surface area contributed by atoms with Crippen molar-refractivity contribution in [1.29, 1.82) is 0 Å². The van der Waals surface area contributed by atoms with Gasteiger partial charge < -0.3 is 0 Å². The molecule has 0 bridgehead atoms. The quantitative estimate of drug-likeness (QED) is 0.296. The minimum atomic E-state index is -3.75. The number of benzene rings is 4. The van der Waals surface area contributed by atoms with Gasteiger partial charge in [0.2, 0.25) is 0 Å². The number of aromatic nitrogens is 2. The Bertz CT molecular complexity index is 1310. The number of nitrogens with zero attached hydrogens (tertiary/aromatic N) is 2. The van der Waals surface area contributed by atoms with E-state index in [0.717, 1.165) is 38.1 Å². The van der Waals surface area contributed by atoms with Crippen LogP contribution in [0.25, 0.3) is 16.3 Å². The van der Waals surface area contributed by atoms with Crippen LogP contribution < -0.4 is 15.9 Å². The van der Waals surface area contributed by atoms with E-state index in [-0.39, 0.29) is 0 Å². The van der Waals surface area contributed by atoms with Gasteiger partial charge in [0, 0.05) is 0 Å². The first-order chi connectivity index (χ1) is 16.5. The average molecular weight is 484 g/mol. The number of fused-ring (bicyclic) bond motifs is 1. The van der Waals surface area contributed by atoms with Crippen molar-refractivity contribution in [1.82, 2.24) is 14.9 Å². The summed E-state index contributed by atoms with van der Waals surface area (Å²) in [5.41, 5.74) is 1.90. The van der Waals surface area contributed by atoms with E-state index in [1.807, 2.05) is 50.5 Å². The van der Waals surface area contributed by atoms with Crippen LogP contribution in [0, 0.1) is 0 Å². The second-order valence-electron chi connectivity index (χ2n) is 8.60. The SMILES string of the molecule is CN(C)C=C(c1nc2ccccc2[nH]1)P(Cl)(c1ccccc1)(c1ccccc1)c1ccccc1. The molecule has 0 aliphatic carbocycles. The van der Waals surface area contributed by atoms with Crippen molar-refractivity contribution in [3.05, 3.63) is 127 Å². The van der Waals surface area contributed by atoms with Gasteiger partial charge in [-0.05, 0) is 0 Å². The van der Waals surface area contributed by atoms with Gasteiger partial charge >= 0.3 is 206 Å². The van der Waals surface area contributed by atoms with Crippen molar-refractivity contribution in [2.75, 3.05) is 14.1 Å². The Labute approximate surface area is 205 Å². The standard InChI is InChI=1S/C29H27ClN3P/c1-33(2)22-28(29-31-26-20-12-13-21-27(26)32-29)34(30,23-14-6-3-7-15-23,24-16-8-4-9-17-24)25-18-10-5-11-19-25/h3-22H,1-2H3,(H,31,32). The molecule has 5 rings (SSSR count). The molecule has 0 aliphatic rings. The Morgan fingerprint density at radius 2 is 1.15 bits per heavy atom. The van der Waals surface area contributed by atoms with E-state index in [1.54, 1.807) is 0 Å². The molecule has 0 radical (unpaired) electrons.